The zero-order valence-electron chi connectivity index (χ0n) is 18.4. The minimum atomic E-state index is -2.49. The molecule has 0 amide bonds. The van der Waals surface area contributed by atoms with Gasteiger partial charge in [-0.1, -0.05) is 18.2 Å². The third-order valence-electron chi connectivity index (χ3n) is 5.17. The second kappa shape index (κ2) is 4.06. The number of ether oxygens (including phenoxy) is 2. The molecule has 1 aromatic carbocycles. The zero-order valence-corrected chi connectivity index (χ0v) is 12.4. The number of piperidine rings is 1. The van der Waals surface area contributed by atoms with Crippen molar-refractivity contribution in [2.45, 2.75) is 36.4 Å². The van der Waals surface area contributed by atoms with Crippen molar-refractivity contribution in [3.8, 4) is 11.5 Å². The first-order valence-corrected chi connectivity index (χ1v) is 7.41. The topological polar surface area (TPSA) is 41.9 Å². The van der Waals surface area contributed by atoms with Crippen LogP contribution in [0.5, 0.6) is 11.5 Å². The van der Waals surface area contributed by atoms with E-state index in [1.807, 2.05) is 0 Å². The lowest BCUT2D eigenvalue weighted by Gasteiger charge is -2.56. The Morgan fingerprint density at radius 3 is 3.18 bits per heavy atom. The first kappa shape index (κ1) is 8.37. The number of benzene rings is 1. The van der Waals surface area contributed by atoms with Crippen LogP contribution in [-0.2, 0) is 11.8 Å². The van der Waals surface area contributed by atoms with Crippen LogP contribution >= 0.6 is 0 Å². The van der Waals surface area contributed by atoms with Gasteiger partial charge in [-0.2, -0.15) is 0 Å². The molecular formula is C18H21NO3. The highest BCUT2D eigenvalue weighted by Gasteiger charge is 2.64. The van der Waals surface area contributed by atoms with E-state index in [0.717, 1.165) is 6.08 Å². The van der Waals surface area contributed by atoms with Crippen LogP contribution in [0.15, 0.2) is 24.3 Å². The molecule has 1 aromatic rings. The van der Waals surface area contributed by atoms with E-state index in [2.05, 4.69) is 0 Å². The van der Waals surface area contributed by atoms with Crippen molar-refractivity contribution >= 4 is 0 Å². The molecule has 1 spiro atoms. The van der Waals surface area contributed by atoms with Gasteiger partial charge < -0.3 is 19.5 Å². The van der Waals surface area contributed by atoms with Gasteiger partial charge in [0.2, 0.25) is 0 Å². The van der Waals surface area contributed by atoms with Crippen molar-refractivity contribution in [1.82, 2.24) is 4.90 Å². The van der Waals surface area contributed by atoms with Crippen LogP contribution < -0.4 is 9.47 Å². The third kappa shape index (κ3) is 1.28. The Labute approximate surface area is 138 Å². The number of hydrogen-bond acceptors (Lipinski definition) is 4. The van der Waals surface area contributed by atoms with Gasteiger partial charge in [-0.15, -0.1) is 0 Å². The van der Waals surface area contributed by atoms with Crippen LogP contribution in [0.25, 0.3) is 0 Å². The van der Waals surface area contributed by atoms with Crippen molar-refractivity contribution in [3.63, 3.8) is 0 Å². The summed E-state index contributed by atoms with van der Waals surface area (Å²) in [5, 5.41) is 10.8. The molecule has 2 heterocycles. The molecule has 22 heavy (non-hydrogen) atoms. The van der Waals surface area contributed by atoms with E-state index in [4.69, 9.17) is 15.0 Å². The zero-order chi connectivity index (χ0) is 20.5. The van der Waals surface area contributed by atoms with Gasteiger partial charge in [-0.25, -0.2) is 0 Å². The molecule has 1 fully saturated rings. The molecule has 2 unspecified atom stereocenters. The SMILES string of the molecule is [2H]C1(O)C=C[C@]2([2H])[C@@]34CCN(C)[C@]2([2H])C([2H])([2H])c2ccc(OC)c(c23)OC14[2H]. The third-order valence-corrected chi connectivity index (χ3v) is 5.17. The van der Waals surface area contributed by atoms with Gasteiger partial charge in [0.1, 0.15) is 12.2 Å². The van der Waals surface area contributed by atoms with E-state index in [1.165, 1.54) is 30.2 Å². The molecule has 5 rings (SSSR count). The smallest absolute Gasteiger partial charge is 0.165 e. The summed E-state index contributed by atoms with van der Waals surface area (Å²) in [5.74, 6) is -1.65. The highest BCUT2D eigenvalue weighted by molar-refractivity contribution is 5.62. The fraction of sp³-hybridized carbons (Fsp3) is 0.556. The largest absolute Gasteiger partial charge is 0.493 e. The van der Waals surface area contributed by atoms with Crippen LogP contribution in [0.1, 0.15) is 25.8 Å². The minimum absolute atomic E-state index is 0.0801. The summed E-state index contributed by atoms with van der Waals surface area (Å²) in [7, 11) is 3.01. The number of aliphatic hydroxyl groups is 1. The van der Waals surface area contributed by atoms with E-state index in [1.54, 1.807) is 7.05 Å². The highest BCUT2D eigenvalue weighted by atomic mass is 16.5. The van der Waals surface area contributed by atoms with Gasteiger partial charge in [0.25, 0.3) is 0 Å². The molecule has 0 aromatic heterocycles. The predicted molar refractivity (Wildman–Crippen MR) is 82.5 cm³/mol. The van der Waals surface area contributed by atoms with Gasteiger partial charge in [-0.3, -0.25) is 0 Å². The monoisotopic (exact) mass is 305 g/mol. The van der Waals surface area contributed by atoms with Gasteiger partial charge in [-0.05, 0) is 38.0 Å². The van der Waals surface area contributed by atoms with Crippen molar-refractivity contribution in [1.29, 1.82) is 0 Å². The number of nitrogens with zero attached hydrogens (tertiary/aromatic N) is 1. The van der Waals surface area contributed by atoms with E-state index < -0.39 is 35.9 Å². The summed E-state index contributed by atoms with van der Waals surface area (Å²) in [6.07, 6.45) is -4.71. The van der Waals surface area contributed by atoms with E-state index in [0.29, 0.717) is 0 Å². The first-order valence-electron chi connectivity index (χ1n) is 10.4. The molecule has 5 atom stereocenters. The Balaban J connectivity index is 2.03. The number of likely N-dealkylation sites (N-methyl/N-ethyl adjacent to an activating group) is 1. The Kier molecular flexibility index (Phi) is 1.54. The van der Waals surface area contributed by atoms with Gasteiger partial charge in [0.15, 0.2) is 11.5 Å². The fourth-order valence-corrected chi connectivity index (χ4v) is 4.16. The number of methoxy groups -OCH3 is 1. The molecule has 4 heteroatoms. The Bertz CT molecular complexity index is 953. The second-order valence-electron chi connectivity index (χ2n) is 6.13. The average Bonchev–Trinajstić information content (AvgIpc) is 2.91. The van der Waals surface area contributed by atoms with Gasteiger partial charge in [0, 0.05) is 28.4 Å². The highest BCUT2D eigenvalue weighted by Crippen LogP contribution is 2.62. The van der Waals surface area contributed by atoms with Crippen molar-refractivity contribution in [3.05, 3.63) is 35.4 Å². The predicted octanol–water partition coefficient (Wildman–Crippen LogP) is 1.50. The van der Waals surface area contributed by atoms with Crippen LogP contribution in [0, 0.1) is 5.89 Å². The molecule has 2 aliphatic carbocycles. The van der Waals surface area contributed by atoms with Crippen LogP contribution in [-0.4, -0.2) is 48.9 Å². The van der Waals surface area contributed by atoms with Crippen LogP contribution in [0.2, 0.25) is 0 Å². The van der Waals surface area contributed by atoms with Gasteiger partial charge >= 0.3 is 0 Å². The lowest BCUT2D eigenvalue weighted by Crippen LogP contribution is -2.64. The lowest BCUT2D eigenvalue weighted by molar-refractivity contribution is -0.0453. The standard InChI is InChI=1S/C18H21NO3/c1-19-8-7-18-11-4-5-13(20)17(18)22-16-14(21-2)6-3-10(15(16)18)9-12(11)19/h3-6,11-13,17,20H,7-9H2,1-2H3/t11-,12+,13?,17?,18-/m0/s1/i9D2,11D,12D,13D,17D. The quantitative estimate of drug-likeness (QED) is 0.799. The molecular weight excluding hydrogens is 278 g/mol. The summed E-state index contributed by atoms with van der Waals surface area (Å²) in [5.41, 5.74) is -1.19. The molecule has 1 saturated heterocycles. The Morgan fingerprint density at radius 1 is 1.50 bits per heavy atom. The molecule has 4 nitrogen and oxygen atoms in total. The Morgan fingerprint density at radius 2 is 2.36 bits per heavy atom. The van der Waals surface area contributed by atoms with Crippen molar-refractivity contribution in [2.24, 2.45) is 5.89 Å². The molecule has 0 radical (unpaired) electrons. The second-order valence-corrected chi connectivity index (χ2v) is 6.13. The first-order chi connectivity index (χ1) is 12.9. The summed E-state index contributed by atoms with van der Waals surface area (Å²) in [4.78, 5) is 1.50. The van der Waals surface area contributed by atoms with E-state index >= 15 is 0 Å². The summed E-state index contributed by atoms with van der Waals surface area (Å²) in [6.45, 7) is 0.216. The van der Waals surface area contributed by atoms with Crippen LogP contribution in [0.3, 0.4) is 0 Å². The molecule has 2 bridgehead atoms. The lowest BCUT2D eigenvalue weighted by atomic mass is 9.53. The van der Waals surface area contributed by atoms with Gasteiger partial charge in [0.05, 0.1) is 9.85 Å². The van der Waals surface area contributed by atoms with E-state index in [-0.39, 0.29) is 35.6 Å². The maximum atomic E-state index is 10.8. The summed E-state index contributed by atoms with van der Waals surface area (Å²) < 4.78 is 65.2. The van der Waals surface area contributed by atoms with Crippen molar-refractivity contribution in [2.75, 3.05) is 20.7 Å². The molecule has 4 aliphatic rings. The maximum Gasteiger partial charge on any atom is 0.165 e. The maximum absolute atomic E-state index is 10.8. The summed E-state index contributed by atoms with van der Waals surface area (Å²) in [6, 6.07) is 0.928. The summed E-state index contributed by atoms with van der Waals surface area (Å²) >= 11 is 0. The van der Waals surface area contributed by atoms with Crippen LogP contribution in [0.4, 0.5) is 0 Å². The van der Waals surface area contributed by atoms with E-state index in [9.17, 15) is 7.85 Å². The number of rotatable bonds is 1. The molecule has 1 N–H and O–H groups in total. The minimum Gasteiger partial charge on any atom is -0.493 e. The number of likely N-dealkylation sites (tertiary alicyclic amines) is 1. The molecule has 0 saturated carbocycles. The Hall–Kier alpha value is -1.52. The fourth-order valence-electron chi connectivity index (χ4n) is 4.16. The molecule has 2 aliphatic heterocycles. The average molecular weight is 305 g/mol. The molecule has 116 valence electrons. The number of hydrogen-bond donors (Lipinski definition) is 1. The van der Waals surface area contributed by atoms with Crippen molar-refractivity contribution < 1.29 is 22.8 Å². The normalized spacial score (nSPS) is 60.7.